The van der Waals surface area contributed by atoms with Crippen LogP contribution in [0.3, 0.4) is 0 Å². The van der Waals surface area contributed by atoms with Gasteiger partial charge in [-0.3, -0.25) is 14.4 Å². The third-order valence-electron chi connectivity index (χ3n) is 4.75. The number of hydrogen-bond acceptors (Lipinski definition) is 6. The van der Waals surface area contributed by atoms with Crippen molar-refractivity contribution in [3.63, 3.8) is 0 Å². The Labute approximate surface area is 242 Å². The Morgan fingerprint density at radius 1 is 0.975 bits per heavy atom. The molecule has 9 nitrogen and oxygen atoms in total. The third kappa shape index (κ3) is 14.6. The molecule has 0 radical (unpaired) electrons. The molecule has 0 saturated carbocycles. The molecule has 4 N–H and O–H groups in total. The van der Waals surface area contributed by atoms with Crippen molar-refractivity contribution in [3.8, 4) is 0 Å². The number of carboxylic acid groups (broad SMARTS) is 2. The summed E-state index contributed by atoms with van der Waals surface area (Å²) in [6.07, 6.45) is 0.546. The highest BCUT2D eigenvalue weighted by Crippen LogP contribution is 2.15. The molecule has 0 saturated heterocycles. The monoisotopic (exact) mass is 577 g/mol. The number of amides is 1. The Hall–Kier alpha value is -3.53. The number of hydrogen-bond donors (Lipinski definition) is 4. The molecule has 0 bridgehead atoms. The van der Waals surface area contributed by atoms with E-state index in [0.717, 1.165) is 16.8 Å². The molecule has 0 spiro atoms. The van der Waals surface area contributed by atoms with Crippen molar-refractivity contribution in [1.82, 2.24) is 15.3 Å². The molecule has 1 atom stereocenters. The zero-order chi connectivity index (χ0) is 31.4. The van der Waals surface area contributed by atoms with Crippen molar-refractivity contribution in [3.05, 3.63) is 61.8 Å². The summed E-state index contributed by atoms with van der Waals surface area (Å²) in [6.45, 7) is 20.0. The molecule has 0 fully saturated rings. The van der Waals surface area contributed by atoms with Gasteiger partial charge in [-0.25, -0.2) is 9.78 Å². The SMILES string of the molecule is CC.CC.CC.Cc1ccc(C(=O)NC(CCC(=O)O)C(=O)O)s1.Cc1nc2ccc(CC(C)C)cc2c(=O)[nH]1. The van der Waals surface area contributed by atoms with Crippen molar-refractivity contribution in [1.29, 1.82) is 0 Å². The average molecular weight is 578 g/mol. The van der Waals surface area contributed by atoms with Gasteiger partial charge in [-0.1, -0.05) is 61.5 Å². The van der Waals surface area contributed by atoms with E-state index in [1.807, 2.05) is 66.7 Å². The Kier molecular flexibility index (Phi) is 20.6. The Balaban J connectivity index is 0. The molecular weight excluding hydrogens is 530 g/mol. The predicted molar refractivity (Wildman–Crippen MR) is 165 cm³/mol. The number of aliphatic carboxylic acids is 2. The number of H-pyrrole nitrogens is 1. The molecule has 40 heavy (non-hydrogen) atoms. The molecule has 3 aromatic rings. The number of rotatable bonds is 8. The standard InChI is InChI=1S/C13H16N2O.C11H13NO5S.3C2H6/c1-8(2)6-10-4-5-12-11(7-10)13(16)15-9(3)14-12;1-6-2-4-8(18-6)10(15)12-7(11(16)17)3-5-9(13)14;3*1-2/h4-5,7-8H,6H2,1-3H3,(H,14,15,16);2,4,7H,3,5H2,1H3,(H,12,15)(H,13,14)(H,16,17);3*1-2H3. The zero-order valence-corrected chi connectivity index (χ0v) is 26.4. The summed E-state index contributed by atoms with van der Waals surface area (Å²) in [5.74, 6) is -1.57. The van der Waals surface area contributed by atoms with Crippen molar-refractivity contribution in [2.45, 2.75) is 94.5 Å². The van der Waals surface area contributed by atoms with Gasteiger partial charge in [0.25, 0.3) is 11.5 Å². The third-order valence-corrected chi connectivity index (χ3v) is 5.75. The maximum Gasteiger partial charge on any atom is 0.326 e. The minimum absolute atomic E-state index is 0.0480. The number of nitrogens with one attached hydrogen (secondary N) is 2. The van der Waals surface area contributed by atoms with Crippen LogP contribution in [0.5, 0.6) is 0 Å². The van der Waals surface area contributed by atoms with E-state index in [9.17, 15) is 19.2 Å². The van der Waals surface area contributed by atoms with E-state index >= 15 is 0 Å². The van der Waals surface area contributed by atoms with E-state index in [1.165, 1.54) is 16.9 Å². The summed E-state index contributed by atoms with van der Waals surface area (Å²) >= 11 is 1.25. The van der Waals surface area contributed by atoms with E-state index in [1.54, 1.807) is 19.1 Å². The molecule has 3 rings (SSSR count). The van der Waals surface area contributed by atoms with Gasteiger partial charge in [-0.15, -0.1) is 11.3 Å². The Morgan fingerprint density at radius 3 is 2.05 bits per heavy atom. The molecular formula is C30H47N3O6S. The van der Waals surface area contributed by atoms with E-state index in [4.69, 9.17) is 10.2 Å². The van der Waals surface area contributed by atoms with Gasteiger partial charge in [0.1, 0.15) is 11.9 Å². The number of carbonyl (C=O) groups is 3. The fourth-order valence-electron chi connectivity index (χ4n) is 3.21. The predicted octanol–water partition coefficient (Wildman–Crippen LogP) is 6.61. The van der Waals surface area contributed by atoms with E-state index < -0.39 is 23.9 Å². The number of nitrogens with zero attached hydrogens (tertiary/aromatic N) is 1. The van der Waals surface area contributed by atoms with E-state index in [-0.39, 0.29) is 18.4 Å². The van der Waals surface area contributed by atoms with Crippen LogP contribution in [0.1, 0.15) is 94.2 Å². The Bertz CT molecular complexity index is 1230. The van der Waals surface area contributed by atoms with Gasteiger partial charge in [0, 0.05) is 11.3 Å². The lowest BCUT2D eigenvalue weighted by molar-refractivity contribution is -0.140. The van der Waals surface area contributed by atoms with Gasteiger partial charge in [-0.2, -0.15) is 0 Å². The number of aryl methyl sites for hydroxylation is 2. The lowest BCUT2D eigenvalue weighted by Gasteiger charge is -2.12. The van der Waals surface area contributed by atoms with Crippen molar-refractivity contribution in [2.24, 2.45) is 5.92 Å². The Morgan fingerprint density at radius 2 is 1.57 bits per heavy atom. The molecule has 224 valence electrons. The molecule has 2 heterocycles. The number of benzene rings is 1. The van der Waals surface area contributed by atoms with Gasteiger partial charge < -0.3 is 20.5 Å². The summed E-state index contributed by atoms with van der Waals surface area (Å²) < 4.78 is 0. The van der Waals surface area contributed by atoms with Gasteiger partial charge in [0.15, 0.2) is 0 Å². The fourth-order valence-corrected chi connectivity index (χ4v) is 3.98. The van der Waals surface area contributed by atoms with Crippen LogP contribution in [0, 0.1) is 19.8 Å². The van der Waals surface area contributed by atoms with Gasteiger partial charge in [-0.05, 0) is 62.4 Å². The minimum atomic E-state index is -1.24. The van der Waals surface area contributed by atoms with Gasteiger partial charge in [0.2, 0.25) is 0 Å². The fraction of sp³-hybridized carbons (Fsp3) is 0.500. The summed E-state index contributed by atoms with van der Waals surface area (Å²) in [4.78, 5) is 53.1. The molecule has 0 aliphatic rings. The largest absolute Gasteiger partial charge is 0.481 e. The number of fused-ring (bicyclic) bond motifs is 1. The first-order valence-electron chi connectivity index (χ1n) is 13.8. The summed E-state index contributed by atoms with van der Waals surface area (Å²) in [6, 6.07) is 8.10. The highest BCUT2D eigenvalue weighted by Gasteiger charge is 2.22. The molecule has 1 amide bonds. The zero-order valence-electron chi connectivity index (χ0n) is 25.5. The first kappa shape index (κ1) is 38.6. The first-order chi connectivity index (χ1) is 19.0. The lowest BCUT2D eigenvalue weighted by atomic mass is 10.0. The minimum Gasteiger partial charge on any atom is -0.481 e. The highest BCUT2D eigenvalue weighted by molar-refractivity contribution is 7.13. The van der Waals surface area contributed by atoms with Crippen molar-refractivity contribution >= 4 is 40.1 Å². The molecule has 10 heteroatoms. The van der Waals surface area contributed by atoms with Crippen LogP contribution in [0.25, 0.3) is 10.9 Å². The number of carboxylic acids is 2. The smallest absolute Gasteiger partial charge is 0.326 e. The maximum atomic E-state index is 11.7. The summed E-state index contributed by atoms with van der Waals surface area (Å²) in [5, 5.41) is 20.4. The van der Waals surface area contributed by atoms with Crippen molar-refractivity contribution in [2.75, 3.05) is 0 Å². The van der Waals surface area contributed by atoms with Crippen LogP contribution in [0.4, 0.5) is 0 Å². The second kappa shape index (κ2) is 21.3. The highest BCUT2D eigenvalue weighted by atomic mass is 32.1. The van der Waals surface area contributed by atoms with Gasteiger partial charge >= 0.3 is 11.9 Å². The van der Waals surface area contributed by atoms with Crippen molar-refractivity contribution < 1.29 is 24.6 Å². The summed E-state index contributed by atoms with van der Waals surface area (Å²) in [5.41, 5.74) is 1.92. The number of carbonyl (C=O) groups excluding carboxylic acids is 1. The van der Waals surface area contributed by atoms with Crippen LogP contribution in [-0.4, -0.2) is 44.1 Å². The normalized spacial score (nSPS) is 10.3. The van der Waals surface area contributed by atoms with Crippen LogP contribution in [0.15, 0.2) is 35.1 Å². The quantitative estimate of drug-likeness (QED) is 0.235. The topological polar surface area (TPSA) is 149 Å². The number of thiophene rings is 1. The van der Waals surface area contributed by atoms with Crippen LogP contribution in [-0.2, 0) is 16.0 Å². The van der Waals surface area contributed by atoms with E-state index in [2.05, 4.69) is 29.1 Å². The molecule has 1 aromatic carbocycles. The van der Waals surface area contributed by atoms with E-state index in [0.29, 0.717) is 22.0 Å². The number of aromatic amines is 1. The van der Waals surface area contributed by atoms with Gasteiger partial charge in [0.05, 0.1) is 15.8 Å². The maximum absolute atomic E-state index is 11.7. The summed E-state index contributed by atoms with van der Waals surface area (Å²) in [7, 11) is 0. The lowest BCUT2D eigenvalue weighted by Crippen LogP contribution is -2.40. The van der Waals surface area contributed by atoms with Crippen LogP contribution in [0.2, 0.25) is 0 Å². The number of aromatic nitrogens is 2. The average Bonchev–Trinajstić information content (AvgIpc) is 3.36. The second-order valence-corrected chi connectivity index (χ2v) is 9.60. The first-order valence-corrected chi connectivity index (χ1v) is 14.6. The molecule has 1 unspecified atom stereocenters. The molecule has 2 aromatic heterocycles. The second-order valence-electron chi connectivity index (χ2n) is 8.31. The van der Waals surface area contributed by atoms with Crippen LogP contribution >= 0.6 is 11.3 Å². The molecule has 0 aliphatic carbocycles. The molecule has 0 aliphatic heterocycles. The van der Waals surface area contributed by atoms with Crippen LogP contribution < -0.4 is 10.9 Å².